The molecule has 29 heavy (non-hydrogen) atoms. The van der Waals surface area contributed by atoms with Crippen LogP contribution in [0.5, 0.6) is 0 Å². The van der Waals surface area contributed by atoms with Crippen LogP contribution in [0.25, 0.3) is 0 Å². The number of carbonyl (C=O) groups excluding carboxylic acids is 1. The van der Waals surface area contributed by atoms with E-state index >= 15 is 0 Å². The summed E-state index contributed by atoms with van der Waals surface area (Å²) in [6, 6.07) is 0.479. The average molecular weight is 406 g/mol. The van der Waals surface area contributed by atoms with Crippen molar-refractivity contribution in [1.29, 1.82) is 0 Å². The summed E-state index contributed by atoms with van der Waals surface area (Å²) in [5.74, 6) is 0.568. The minimum atomic E-state index is -1.05. The standard InChI is InChI=1S/C24H39NO4/c1-16-13-22-21(17(2)15-25-11-6-5-7-20(25)10-12-26)9-8-18(3)24(22,28)14-23(16)29-19(4)27/h13,17-18,20-23,26,28H,5-12,15H2,1-4H3/t17-,18-,20+,21+,22-,23-,24-/m1/s1. The lowest BCUT2D eigenvalue weighted by Crippen LogP contribution is -2.57. The fourth-order valence-corrected chi connectivity index (χ4v) is 5.89. The number of carbonyl (C=O) groups is 1. The first-order chi connectivity index (χ1) is 13.8. The van der Waals surface area contributed by atoms with Crippen molar-refractivity contribution in [3.8, 4) is 0 Å². The van der Waals surface area contributed by atoms with Crippen LogP contribution in [0.15, 0.2) is 11.6 Å². The molecule has 0 unspecified atom stereocenters. The molecule has 0 aromatic heterocycles. The molecule has 5 nitrogen and oxygen atoms in total. The van der Waals surface area contributed by atoms with Gasteiger partial charge in [0.25, 0.3) is 0 Å². The molecule has 5 heteroatoms. The molecule has 0 amide bonds. The van der Waals surface area contributed by atoms with Gasteiger partial charge in [-0.2, -0.15) is 0 Å². The molecule has 3 rings (SSSR count). The Labute approximate surface area is 176 Å². The number of nitrogens with zero attached hydrogens (tertiary/aromatic N) is 1. The Bertz CT molecular complexity index is 604. The van der Waals surface area contributed by atoms with Crippen LogP contribution < -0.4 is 0 Å². The van der Waals surface area contributed by atoms with E-state index in [0.29, 0.717) is 17.9 Å². The third-order valence-electron chi connectivity index (χ3n) is 7.62. The molecule has 2 fully saturated rings. The second kappa shape index (κ2) is 9.49. The van der Waals surface area contributed by atoms with Crippen molar-refractivity contribution >= 4 is 5.97 Å². The molecule has 0 bridgehead atoms. The third kappa shape index (κ3) is 4.88. The van der Waals surface area contributed by atoms with E-state index < -0.39 is 11.7 Å². The number of piperidine rings is 1. The smallest absolute Gasteiger partial charge is 0.303 e. The van der Waals surface area contributed by atoms with Gasteiger partial charge in [-0.3, -0.25) is 4.79 Å². The Kier molecular flexibility index (Phi) is 7.45. The Morgan fingerprint density at radius 3 is 2.83 bits per heavy atom. The number of aliphatic hydroxyl groups is 2. The number of likely N-dealkylation sites (tertiary alicyclic amines) is 1. The maximum absolute atomic E-state index is 11.6. The van der Waals surface area contributed by atoms with E-state index in [9.17, 15) is 15.0 Å². The minimum Gasteiger partial charge on any atom is -0.457 e. The summed E-state index contributed by atoms with van der Waals surface area (Å²) in [6.07, 6.45) is 11.4. The summed E-state index contributed by atoms with van der Waals surface area (Å²) in [4.78, 5) is 14.1. The molecule has 7 atom stereocenters. The number of fused-ring (bicyclic) bond motifs is 1. The number of esters is 1. The summed E-state index contributed by atoms with van der Waals surface area (Å²) in [5, 5.41) is 21.1. The van der Waals surface area contributed by atoms with Crippen LogP contribution in [0, 0.1) is 30.1 Å². The zero-order valence-electron chi connectivity index (χ0n) is 18.6. The second-order valence-electron chi connectivity index (χ2n) is 9.67. The highest BCUT2D eigenvalue weighted by molar-refractivity contribution is 5.66. The van der Waals surface area contributed by atoms with E-state index in [1.807, 2.05) is 6.92 Å². The first-order valence-electron chi connectivity index (χ1n) is 11.5. The maximum atomic E-state index is 11.6. The van der Waals surface area contributed by atoms with Crippen molar-refractivity contribution in [2.45, 2.75) is 84.0 Å². The Morgan fingerprint density at radius 2 is 2.14 bits per heavy atom. The van der Waals surface area contributed by atoms with Crippen LogP contribution >= 0.6 is 0 Å². The van der Waals surface area contributed by atoms with E-state index in [0.717, 1.165) is 37.9 Å². The highest BCUT2D eigenvalue weighted by atomic mass is 16.5. The van der Waals surface area contributed by atoms with Gasteiger partial charge in [-0.05, 0) is 68.9 Å². The van der Waals surface area contributed by atoms with Crippen molar-refractivity contribution in [3.63, 3.8) is 0 Å². The molecule has 1 heterocycles. The van der Waals surface area contributed by atoms with Crippen LogP contribution in [0.3, 0.4) is 0 Å². The van der Waals surface area contributed by atoms with E-state index in [1.54, 1.807) is 0 Å². The number of hydrogen-bond donors (Lipinski definition) is 2. The monoisotopic (exact) mass is 405 g/mol. The summed E-state index contributed by atoms with van der Waals surface area (Å²) in [7, 11) is 0. The molecule has 2 N–H and O–H groups in total. The summed E-state index contributed by atoms with van der Waals surface area (Å²) in [5.41, 5.74) is -0.0827. The lowest BCUT2D eigenvalue weighted by Gasteiger charge is -2.53. The summed E-state index contributed by atoms with van der Waals surface area (Å²) < 4.78 is 5.41. The predicted molar refractivity (Wildman–Crippen MR) is 113 cm³/mol. The van der Waals surface area contributed by atoms with Gasteiger partial charge in [-0.1, -0.05) is 26.3 Å². The molecule has 0 aromatic rings. The van der Waals surface area contributed by atoms with Gasteiger partial charge in [-0.25, -0.2) is 0 Å². The molecule has 2 aliphatic carbocycles. The number of rotatable bonds is 6. The van der Waals surface area contributed by atoms with E-state index in [1.165, 1.54) is 26.2 Å². The Hall–Kier alpha value is -0.910. The van der Waals surface area contributed by atoms with Crippen molar-refractivity contribution < 1.29 is 19.7 Å². The Morgan fingerprint density at radius 1 is 1.38 bits per heavy atom. The molecule has 1 aliphatic heterocycles. The highest BCUT2D eigenvalue weighted by Gasteiger charge is 2.53. The van der Waals surface area contributed by atoms with Gasteiger partial charge in [0.05, 0.1) is 12.0 Å². The van der Waals surface area contributed by atoms with E-state index in [4.69, 9.17) is 4.74 Å². The summed E-state index contributed by atoms with van der Waals surface area (Å²) in [6.45, 7) is 10.1. The highest BCUT2D eigenvalue weighted by Crippen LogP contribution is 2.51. The molecule has 2 radical (unpaired) electrons. The first-order valence-corrected chi connectivity index (χ1v) is 11.5. The van der Waals surface area contributed by atoms with Gasteiger partial charge in [-0.15, -0.1) is 0 Å². The van der Waals surface area contributed by atoms with Gasteiger partial charge in [0.15, 0.2) is 0 Å². The van der Waals surface area contributed by atoms with E-state index in [-0.39, 0.29) is 24.4 Å². The van der Waals surface area contributed by atoms with Gasteiger partial charge < -0.3 is 19.8 Å². The molecule has 0 spiro atoms. The number of ether oxygens (including phenoxy) is 1. The lowest BCUT2D eigenvalue weighted by atomic mass is 9.57. The maximum Gasteiger partial charge on any atom is 0.303 e. The number of hydrogen-bond acceptors (Lipinski definition) is 5. The quantitative estimate of drug-likeness (QED) is 0.524. The van der Waals surface area contributed by atoms with E-state index in [2.05, 4.69) is 31.2 Å². The largest absolute Gasteiger partial charge is 0.457 e. The summed E-state index contributed by atoms with van der Waals surface area (Å²) >= 11 is 0. The molecule has 1 saturated heterocycles. The molecule has 3 aliphatic rings. The topological polar surface area (TPSA) is 70.0 Å². The van der Waals surface area contributed by atoms with Crippen LogP contribution in [0.4, 0.5) is 0 Å². The number of aliphatic hydroxyl groups excluding tert-OH is 1. The van der Waals surface area contributed by atoms with Gasteiger partial charge in [0.2, 0.25) is 0 Å². The van der Waals surface area contributed by atoms with Crippen molar-refractivity contribution in [1.82, 2.24) is 4.90 Å². The molecule has 1 saturated carbocycles. The second-order valence-corrected chi connectivity index (χ2v) is 9.67. The van der Waals surface area contributed by atoms with Crippen molar-refractivity contribution in [2.24, 2.45) is 23.7 Å². The molecular weight excluding hydrogens is 366 g/mol. The predicted octanol–water partition coefficient (Wildman–Crippen LogP) is 3.23. The van der Waals surface area contributed by atoms with Crippen LogP contribution in [-0.4, -0.2) is 58.5 Å². The SMILES string of the molecule is CC(=O)O[C@@H]1[C][C@@]2(O)[C@H](C)CC[C@@H]([C@H](C)CN3CCCC[C@H]3CCO)[C@H]2C=C1C. The molecule has 164 valence electrons. The molecule has 0 aromatic carbocycles. The zero-order chi connectivity index (χ0) is 21.2. The molecular formula is C24H39NO4. The lowest BCUT2D eigenvalue weighted by molar-refractivity contribution is -0.148. The van der Waals surface area contributed by atoms with Crippen LogP contribution in [0.1, 0.15) is 66.2 Å². The van der Waals surface area contributed by atoms with Gasteiger partial charge >= 0.3 is 5.97 Å². The van der Waals surface area contributed by atoms with Gasteiger partial charge in [0, 0.05) is 32.0 Å². The van der Waals surface area contributed by atoms with Crippen molar-refractivity contribution in [2.75, 3.05) is 19.7 Å². The minimum absolute atomic E-state index is 0.00846. The fraction of sp³-hybridized carbons (Fsp3) is 0.833. The first kappa shape index (κ1) is 22.8. The Balaban J connectivity index is 1.77. The average Bonchev–Trinajstić information content (AvgIpc) is 2.66. The van der Waals surface area contributed by atoms with Crippen LogP contribution in [-0.2, 0) is 9.53 Å². The van der Waals surface area contributed by atoms with Crippen molar-refractivity contribution in [3.05, 3.63) is 18.1 Å². The zero-order valence-corrected chi connectivity index (χ0v) is 18.6. The van der Waals surface area contributed by atoms with Crippen LogP contribution in [0.2, 0.25) is 0 Å². The normalized spacial score (nSPS) is 39.4. The fourth-order valence-electron chi connectivity index (χ4n) is 5.89. The van der Waals surface area contributed by atoms with Gasteiger partial charge in [0.1, 0.15) is 6.10 Å². The third-order valence-corrected chi connectivity index (χ3v) is 7.62.